The Morgan fingerprint density at radius 2 is 2.00 bits per heavy atom. The zero-order valence-corrected chi connectivity index (χ0v) is 13.9. The number of likely N-dealkylation sites (N-methyl/N-ethyl adjacent to an activating group) is 1. The highest BCUT2D eigenvalue weighted by atomic mass is 35.6. The highest BCUT2D eigenvalue weighted by Crippen LogP contribution is 2.29. The molecule has 0 spiro atoms. The number of carbonyl (C=O) groups is 1. The summed E-state index contributed by atoms with van der Waals surface area (Å²) in [6.45, 7) is 2.73. The molecule has 1 aliphatic rings. The van der Waals surface area contributed by atoms with Crippen LogP contribution in [0, 0.1) is 0 Å². The number of amides is 1. The van der Waals surface area contributed by atoms with Gasteiger partial charge in [-0.3, -0.25) is 9.80 Å². The van der Waals surface area contributed by atoms with Crippen LogP contribution in [0.1, 0.15) is 0 Å². The molecule has 1 rings (SSSR count). The molecule has 0 aromatic heterocycles. The van der Waals surface area contributed by atoms with E-state index in [1.54, 1.807) is 0 Å². The Balaban J connectivity index is 2.65. The highest BCUT2D eigenvalue weighted by Gasteiger charge is 2.39. The van der Waals surface area contributed by atoms with Crippen LogP contribution in [0.2, 0.25) is 0 Å². The Labute approximate surface area is 134 Å². The molecule has 2 atom stereocenters. The molecule has 0 bridgehead atoms. The number of alkyl halides is 3. The van der Waals surface area contributed by atoms with Crippen molar-refractivity contribution in [3.05, 3.63) is 0 Å². The van der Waals surface area contributed by atoms with Crippen LogP contribution >= 0.6 is 34.8 Å². The summed E-state index contributed by atoms with van der Waals surface area (Å²) in [6.07, 6.45) is -1.12. The maximum Gasteiger partial charge on any atom is 0.407 e. The van der Waals surface area contributed by atoms with Gasteiger partial charge in [-0.15, -0.1) is 0 Å². The molecule has 9 heteroatoms. The van der Waals surface area contributed by atoms with Gasteiger partial charge in [0.25, 0.3) is 0 Å². The van der Waals surface area contributed by atoms with Crippen LogP contribution in [0.5, 0.6) is 0 Å². The van der Waals surface area contributed by atoms with E-state index in [9.17, 15) is 9.90 Å². The minimum absolute atomic E-state index is 0.188. The first-order valence-electron chi connectivity index (χ1n) is 6.29. The predicted octanol–water partition coefficient (Wildman–Crippen LogP) is 0.910. The first-order chi connectivity index (χ1) is 9.10. The standard InChI is InChI=1S/C11H21Cl3N4O2/c1-16(2)3-4-17-5-8(15)9(6-17)18(10(19)20)7-11(12,13)14/h8-9H,3-7,15H2,1-2H3,(H,19,20)/t8-,9+/m1/s1. The Bertz CT molecular complexity index is 338. The molecule has 0 saturated carbocycles. The van der Waals surface area contributed by atoms with E-state index in [1.807, 2.05) is 14.1 Å². The van der Waals surface area contributed by atoms with Crippen LogP contribution in [-0.4, -0.2) is 88.6 Å². The summed E-state index contributed by atoms with van der Waals surface area (Å²) < 4.78 is -1.64. The summed E-state index contributed by atoms with van der Waals surface area (Å²) in [6, 6.07) is -0.633. The average molecular weight is 348 g/mol. The Morgan fingerprint density at radius 1 is 1.40 bits per heavy atom. The van der Waals surface area contributed by atoms with Crippen molar-refractivity contribution in [2.75, 3.05) is 46.8 Å². The molecule has 0 aromatic rings. The van der Waals surface area contributed by atoms with Crippen molar-refractivity contribution in [2.24, 2.45) is 5.73 Å². The monoisotopic (exact) mass is 346 g/mol. The van der Waals surface area contributed by atoms with Crippen LogP contribution in [-0.2, 0) is 0 Å². The van der Waals surface area contributed by atoms with Gasteiger partial charge in [-0.05, 0) is 14.1 Å². The van der Waals surface area contributed by atoms with Crippen LogP contribution in [0.3, 0.4) is 0 Å². The first kappa shape index (κ1) is 18.1. The van der Waals surface area contributed by atoms with Crippen LogP contribution in [0.25, 0.3) is 0 Å². The summed E-state index contributed by atoms with van der Waals surface area (Å²) >= 11 is 17.1. The topological polar surface area (TPSA) is 73.0 Å². The molecule has 0 aromatic carbocycles. The van der Waals surface area contributed by atoms with Gasteiger partial charge in [-0.1, -0.05) is 34.8 Å². The SMILES string of the molecule is CN(C)CCN1C[C@@H](N)[C@@H](N(CC(Cl)(Cl)Cl)C(=O)O)C1. The quantitative estimate of drug-likeness (QED) is 0.723. The van der Waals surface area contributed by atoms with Crippen molar-refractivity contribution in [1.29, 1.82) is 0 Å². The first-order valence-corrected chi connectivity index (χ1v) is 7.42. The molecular formula is C11H21Cl3N4O2. The van der Waals surface area contributed by atoms with Crippen LogP contribution in [0.15, 0.2) is 0 Å². The summed E-state index contributed by atoms with van der Waals surface area (Å²) in [5.41, 5.74) is 6.04. The third-order valence-corrected chi connectivity index (χ3v) is 3.63. The zero-order valence-electron chi connectivity index (χ0n) is 11.6. The normalized spacial score (nSPS) is 24.4. The molecular weight excluding hydrogens is 327 g/mol. The number of nitrogens with zero attached hydrogens (tertiary/aromatic N) is 3. The van der Waals surface area contributed by atoms with E-state index in [-0.39, 0.29) is 18.6 Å². The second kappa shape index (κ2) is 7.33. The van der Waals surface area contributed by atoms with E-state index in [0.29, 0.717) is 13.1 Å². The zero-order chi connectivity index (χ0) is 15.5. The van der Waals surface area contributed by atoms with Crippen molar-refractivity contribution in [3.8, 4) is 0 Å². The number of rotatable bonds is 5. The fourth-order valence-corrected chi connectivity index (χ4v) is 2.65. The van der Waals surface area contributed by atoms with E-state index < -0.39 is 9.89 Å². The number of likely N-dealkylation sites (tertiary alicyclic amines) is 1. The molecule has 1 heterocycles. The summed E-state index contributed by atoms with van der Waals surface area (Å²) in [5.74, 6) is 0. The molecule has 0 aliphatic carbocycles. The minimum Gasteiger partial charge on any atom is -0.465 e. The van der Waals surface area contributed by atoms with E-state index in [0.717, 1.165) is 18.0 Å². The Hall–Kier alpha value is 0.0200. The largest absolute Gasteiger partial charge is 0.465 e. The maximum atomic E-state index is 11.4. The molecule has 20 heavy (non-hydrogen) atoms. The fraction of sp³-hybridized carbons (Fsp3) is 0.909. The lowest BCUT2D eigenvalue weighted by molar-refractivity contribution is 0.122. The van der Waals surface area contributed by atoms with Gasteiger partial charge in [-0.25, -0.2) is 4.79 Å². The molecule has 6 nitrogen and oxygen atoms in total. The molecule has 118 valence electrons. The lowest BCUT2D eigenvalue weighted by Gasteiger charge is -2.31. The lowest BCUT2D eigenvalue weighted by Crippen LogP contribution is -2.52. The van der Waals surface area contributed by atoms with Gasteiger partial charge in [0.15, 0.2) is 0 Å². The number of carboxylic acid groups (broad SMARTS) is 1. The summed E-state index contributed by atoms with van der Waals surface area (Å²) in [7, 11) is 3.97. The van der Waals surface area contributed by atoms with Gasteiger partial charge < -0.3 is 15.7 Å². The van der Waals surface area contributed by atoms with Crippen LogP contribution in [0.4, 0.5) is 4.79 Å². The smallest absolute Gasteiger partial charge is 0.407 e. The van der Waals surface area contributed by atoms with Crippen molar-refractivity contribution < 1.29 is 9.90 Å². The minimum atomic E-state index is -1.64. The highest BCUT2D eigenvalue weighted by molar-refractivity contribution is 6.67. The van der Waals surface area contributed by atoms with Crippen LogP contribution < -0.4 is 5.73 Å². The Kier molecular flexibility index (Phi) is 6.63. The van der Waals surface area contributed by atoms with Gasteiger partial charge in [0, 0.05) is 32.2 Å². The van der Waals surface area contributed by atoms with Crippen molar-refractivity contribution in [3.63, 3.8) is 0 Å². The molecule has 1 fully saturated rings. The van der Waals surface area contributed by atoms with Gasteiger partial charge >= 0.3 is 6.09 Å². The molecule has 0 radical (unpaired) electrons. The van der Waals surface area contributed by atoms with Crippen molar-refractivity contribution in [2.45, 2.75) is 15.9 Å². The van der Waals surface area contributed by atoms with E-state index in [4.69, 9.17) is 40.5 Å². The number of hydrogen-bond acceptors (Lipinski definition) is 4. The Morgan fingerprint density at radius 3 is 2.45 bits per heavy atom. The second-order valence-electron chi connectivity index (χ2n) is 5.32. The van der Waals surface area contributed by atoms with Gasteiger partial charge in [0.1, 0.15) is 0 Å². The summed E-state index contributed by atoms with van der Waals surface area (Å²) in [5, 5.41) is 9.29. The molecule has 0 unspecified atom stereocenters. The third kappa shape index (κ3) is 5.79. The third-order valence-electron chi connectivity index (χ3n) is 3.27. The van der Waals surface area contributed by atoms with E-state index in [1.165, 1.54) is 0 Å². The lowest BCUT2D eigenvalue weighted by atomic mass is 10.1. The molecule has 3 N–H and O–H groups in total. The van der Waals surface area contributed by atoms with Crippen molar-refractivity contribution >= 4 is 40.9 Å². The number of halogens is 3. The number of nitrogens with two attached hydrogens (primary N) is 1. The van der Waals surface area contributed by atoms with Gasteiger partial charge in [-0.2, -0.15) is 0 Å². The van der Waals surface area contributed by atoms with Crippen molar-refractivity contribution in [1.82, 2.24) is 14.7 Å². The van der Waals surface area contributed by atoms with E-state index >= 15 is 0 Å². The molecule has 1 saturated heterocycles. The summed E-state index contributed by atoms with van der Waals surface area (Å²) in [4.78, 5) is 16.7. The molecule has 1 amide bonds. The predicted molar refractivity (Wildman–Crippen MR) is 81.8 cm³/mol. The average Bonchev–Trinajstić information content (AvgIpc) is 2.63. The maximum absolute atomic E-state index is 11.4. The van der Waals surface area contributed by atoms with E-state index in [2.05, 4.69) is 9.80 Å². The van der Waals surface area contributed by atoms with Gasteiger partial charge in [0.05, 0.1) is 12.6 Å². The fourth-order valence-electron chi connectivity index (χ4n) is 2.27. The molecule has 1 aliphatic heterocycles. The van der Waals surface area contributed by atoms with Gasteiger partial charge in [0.2, 0.25) is 3.79 Å². The second-order valence-corrected chi connectivity index (χ2v) is 7.84. The number of hydrogen-bond donors (Lipinski definition) is 2.